The van der Waals surface area contributed by atoms with Gasteiger partial charge >= 0.3 is 0 Å². The van der Waals surface area contributed by atoms with Crippen molar-refractivity contribution in [1.82, 2.24) is 9.62 Å². The van der Waals surface area contributed by atoms with E-state index in [1.165, 1.54) is 30.8 Å². The fraction of sp³-hybridized carbons (Fsp3) is 1.00. The number of thioether (sulfide) groups is 1. The Morgan fingerprint density at radius 3 is 2.83 bits per heavy atom. The minimum absolute atomic E-state index is 0.0239. The fourth-order valence-corrected chi connectivity index (χ4v) is 7.60. The van der Waals surface area contributed by atoms with Crippen molar-refractivity contribution in [2.75, 3.05) is 36.9 Å². The van der Waals surface area contributed by atoms with Gasteiger partial charge in [-0.3, -0.25) is 4.90 Å². The van der Waals surface area contributed by atoms with Gasteiger partial charge in [0.2, 0.25) is 10.0 Å². The average Bonchev–Trinajstić information content (AvgIpc) is 3.21. The molecule has 0 unspecified atom stereocenters. The third-order valence-electron chi connectivity index (χ3n) is 6.53. The van der Waals surface area contributed by atoms with E-state index in [1.807, 2.05) is 6.92 Å². The quantitative estimate of drug-likeness (QED) is 0.767. The molecule has 1 spiro atoms. The lowest BCUT2D eigenvalue weighted by atomic mass is 9.74. The van der Waals surface area contributed by atoms with Crippen LogP contribution in [-0.2, 0) is 14.8 Å². The Morgan fingerprint density at radius 2 is 2.08 bits per heavy atom. The van der Waals surface area contributed by atoms with E-state index in [9.17, 15) is 8.42 Å². The molecule has 4 saturated heterocycles. The van der Waals surface area contributed by atoms with Crippen molar-refractivity contribution in [3.8, 4) is 0 Å². The van der Waals surface area contributed by atoms with Gasteiger partial charge in [0, 0.05) is 37.5 Å². The maximum Gasteiger partial charge on any atom is 0.211 e. The van der Waals surface area contributed by atoms with E-state index in [-0.39, 0.29) is 17.5 Å². The van der Waals surface area contributed by atoms with Gasteiger partial charge in [-0.15, -0.1) is 0 Å². The van der Waals surface area contributed by atoms with E-state index in [4.69, 9.17) is 4.74 Å². The molecule has 0 amide bonds. The Morgan fingerprint density at radius 1 is 1.29 bits per heavy atom. The van der Waals surface area contributed by atoms with Crippen LogP contribution in [0.1, 0.15) is 39.0 Å². The van der Waals surface area contributed by atoms with E-state index in [0.717, 1.165) is 19.5 Å². The van der Waals surface area contributed by atoms with E-state index >= 15 is 0 Å². The summed E-state index contributed by atoms with van der Waals surface area (Å²) in [7, 11) is -3.12. The smallest absolute Gasteiger partial charge is 0.211 e. The number of rotatable bonds is 6. The molecule has 7 heteroatoms. The van der Waals surface area contributed by atoms with E-state index in [2.05, 4.69) is 21.4 Å². The first kappa shape index (κ1) is 17.6. The molecule has 5 nitrogen and oxygen atoms in total. The lowest BCUT2D eigenvalue weighted by molar-refractivity contribution is -0.00142. The van der Waals surface area contributed by atoms with Gasteiger partial charge in [-0.2, -0.15) is 11.8 Å². The monoisotopic (exact) mass is 374 g/mol. The zero-order valence-corrected chi connectivity index (χ0v) is 16.2. The molecule has 0 radical (unpaired) electrons. The standard InChI is InChI=1S/C17H30N2O3S2/c1-2-9-24(20,21)18-10-14-15-11-19(13-4-7-23-8-5-13)12-17(15)6-3-16(14)22-17/h13-16,18H,2-12H2,1H3/t14-,15+,16+,17+/m0/s1. The maximum atomic E-state index is 12.0. The number of fused-ring (bicyclic) bond motifs is 1. The van der Waals surface area contributed by atoms with Gasteiger partial charge in [0.25, 0.3) is 0 Å². The maximum absolute atomic E-state index is 12.0. The van der Waals surface area contributed by atoms with E-state index in [1.54, 1.807) is 0 Å². The second kappa shape index (κ2) is 6.72. The Bertz CT molecular complexity index is 564. The Hall–Kier alpha value is 0.180. The van der Waals surface area contributed by atoms with Gasteiger partial charge in [-0.1, -0.05) is 6.92 Å². The van der Waals surface area contributed by atoms with Gasteiger partial charge in [0.15, 0.2) is 0 Å². The zero-order chi connectivity index (χ0) is 16.8. The summed E-state index contributed by atoms with van der Waals surface area (Å²) >= 11 is 2.07. The van der Waals surface area contributed by atoms with Gasteiger partial charge in [0.1, 0.15) is 0 Å². The molecule has 1 N–H and O–H groups in total. The van der Waals surface area contributed by atoms with Crippen LogP contribution in [-0.4, -0.2) is 68.0 Å². The number of hydrogen-bond acceptors (Lipinski definition) is 5. The number of likely N-dealkylation sites (tertiary alicyclic amines) is 1. The van der Waals surface area contributed by atoms with Crippen LogP contribution in [0.15, 0.2) is 0 Å². The Labute approximate surface area is 150 Å². The lowest BCUT2D eigenvalue weighted by Crippen LogP contribution is -2.42. The second-order valence-corrected chi connectivity index (χ2v) is 11.1. The fourth-order valence-electron chi connectivity index (χ4n) is 5.39. The van der Waals surface area contributed by atoms with E-state index in [0.29, 0.717) is 30.8 Å². The Balaban J connectivity index is 1.42. The van der Waals surface area contributed by atoms with Gasteiger partial charge < -0.3 is 4.74 Å². The first-order chi connectivity index (χ1) is 11.5. The SMILES string of the molecule is CCCS(=O)(=O)NC[C@H]1[C@H]2CN(C3CCSCC3)C[C@]23CC[C@H]1O3. The van der Waals surface area contributed by atoms with Crippen LogP contribution in [0, 0.1) is 11.8 Å². The van der Waals surface area contributed by atoms with Gasteiger partial charge in [-0.05, 0) is 43.6 Å². The molecule has 0 saturated carbocycles. The molecule has 4 rings (SSSR count). The van der Waals surface area contributed by atoms with Crippen molar-refractivity contribution in [1.29, 1.82) is 0 Å². The van der Waals surface area contributed by atoms with E-state index < -0.39 is 10.0 Å². The first-order valence-corrected chi connectivity index (χ1v) is 12.3. The normalized spacial score (nSPS) is 40.3. The summed E-state index contributed by atoms with van der Waals surface area (Å²) in [6.07, 6.45) is 5.79. The van der Waals surface area contributed by atoms with Gasteiger partial charge in [-0.25, -0.2) is 13.1 Å². The molecule has 0 aromatic heterocycles. The summed E-state index contributed by atoms with van der Waals surface area (Å²) in [6.45, 7) is 4.65. The predicted molar refractivity (Wildman–Crippen MR) is 97.8 cm³/mol. The van der Waals surface area contributed by atoms with Crippen molar-refractivity contribution in [2.45, 2.75) is 56.8 Å². The van der Waals surface area contributed by atoms with Crippen LogP contribution >= 0.6 is 11.8 Å². The number of sulfonamides is 1. The zero-order valence-electron chi connectivity index (χ0n) is 14.6. The van der Waals surface area contributed by atoms with Gasteiger partial charge in [0.05, 0.1) is 17.5 Å². The minimum Gasteiger partial charge on any atom is -0.370 e. The number of nitrogens with one attached hydrogen (secondary N) is 1. The number of nitrogens with zero attached hydrogens (tertiary/aromatic N) is 1. The molecule has 0 aliphatic carbocycles. The van der Waals surface area contributed by atoms with Crippen molar-refractivity contribution < 1.29 is 13.2 Å². The molecule has 4 aliphatic heterocycles. The molecule has 138 valence electrons. The van der Waals surface area contributed by atoms with Crippen molar-refractivity contribution in [3.05, 3.63) is 0 Å². The Kier molecular flexibility index (Phi) is 4.93. The molecule has 4 atom stereocenters. The minimum atomic E-state index is -3.12. The molecular weight excluding hydrogens is 344 g/mol. The molecule has 4 aliphatic rings. The molecule has 24 heavy (non-hydrogen) atoms. The molecular formula is C17H30N2O3S2. The largest absolute Gasteiger partial charge is 0.370 e. The third-order valence-corrected chi connectivity index (χ3v) is 9.13. The van der Waals surface area contributed by atoms with Crippen LogP contribution in [0.25, 0.3) is 0 Å². The predicted octanol–water partition coefficient (Wildman–Crippen LogP) is 1.69. The van der Waals surface area contributed by atoms with Crippen LogP contribution in [0.4, 0.5) is 0 Å². The van der Waals surface area contributed by atoms with Crippen molar-refractivity contribution >= 4 is 21.8 Å². The first-order valence-electron chi connectivity index (χ1n) is 9.50. The third kappa shape index (κ3) is 3.15. The summed E-state index contributed by atoms with van der Waals surface area (Å²) in [4.78, 5) is 2.67. The summed E-state index contributed by atoms with van der Waals surface area (Å²) in [5.74, 6) is 3.65. The highest BCUT2D eigenvalue weighted by atomic mass is 32.2. The molecule has 2 bridgehead atoms. The van der Waals surface area contributed by atoms with Crippen LogP contribution < -0.4 is 4.72 Å². The molecule has 0 aromatic rings. The second-order valence-electron chi connectivity index (χ2n) is 7.97. The van der Waals surface area contributed by atoms with Crippen molar-refractivity contribution in [3.63, 3.8) is 0 Å². The molecule has 0 aromatic carbocycles. The summed E-state index contributed by atoms with van der Waals surface area (Å²) in [5.41, 5.74) is 0.0239. The molecule has 4 fully saturated rings. The highest BCUT2D eigenvalue weighted by Crippen LogP contribution is 2.55. The topological polar surface area (TPSA) is 58.6 Å². The summed E-state index contributed by atoms with van der Waals surface area (Å²) in [5, 5.41) is 0. The van der Waals surface area contributed by atoms with Crippen LogP contribution in [0.5, 0.6) is 0 Å². The number of ether oxygens (including phenoxy) is 1. The summed E-state index contributed by atoms with van der Waals surface area (Å²) in [6, 6.07) is 0.714. The lowest BCUT2D eigenvalue weighted by Gasteiger charge is -2.32. The number of hydrogen-bond donors (Lipinski definition) is 1. The van der Waals surface area contributed by atoms with Crippen molar-refractivity contribution in [2.24, 2.45) is 11.8 Å². The van der Waals surface area contributed by atoms with Crippen LogP contribution in [0.2, 0.25) is 0 Å². The highest BCUT2D eigenvalue weighted by Gasteiger charge is 2.63. The summed E-state index contributed by atoms with van der Waals surface area (Å²) < 4.78 is 33.4. The average molecular weight is 375 g/mol. The highest BCUT2D eigenvalue weighted by molar-refractivity contribution is 7.99. The van der Waals surface area contributed by atoms with Crippen LogP contribution in [0.3, 0.4) is 0 Å². The molecule has 4 heterocycles.